The van der Waals surface area contributed by atoms with Crippen molar-refractivity contribution < 1.29 is 22.0 Å². The molecular formula is C23H18F2N4O3S. The molecule has 0 atom stereocenters. The van der Waals surface area contributed by atoms with Gasteiger partial charge in [-0.05, 0) is 60.2 Å². The third-order valence-corrected chi connectivity index (χ3v) is 7.00. The van der Waals surface area contributed by atoms with Gasteiger partial charge in [0, 0.05) is 24.0 Å². The van der Waals surface area contributed by atoms with Gasteiger partial charge in [0.1, 0.15) is 5.82 Å². The highest BCUT2D eigenvalue weighted by atomic mass is 32.2. The standard InChI is InChI=1S/C23H18F2N4O3S/c1-28-19-11-10-17(12-15(19)13-21(28)30)33(31,32)27-16-8-6-14(7-9-16)22-26-18-4-2-3-5-20(18)29(22)23(24)25/h2-12,23,27H,13H2,1H3. The lowest BCUT2D eigenvalue weighted by molar-refractivity contribution is -0.117. The predicted molar refractivity (Wildman–Crippen MR) is 121 cm³/mol. The summed E-state index contributed by atoms with van der Waals surface area (Å²) in [5, 5.41) is 0. The number of hydrogen-bond donors (Lipinski definition) is 1. The first kappa shape index (κ1) is 21.1. The number of carbonyl (C=O) groups is 1. The van der Waals surface area contributed by atoms with Crippen molar-refractivity contribution in [3.05, 3.63) is 72.3 Å². The highest BCUT2D eigenvalue weighted by molar-refractivity contribution is 7.92. The molecule has 0 unspecified atom stereocenters. The normalized spacial score (nSPS) is 13.7. The van der Waals surface area contributed by atoms with E-state index in [9.17, 15) is 22.0 Å². The lowest BCUT2D eigenvalue weighted by atomic mass is 10.2. The number of para-hydroxylation sites is 2. The first-order valence-corrected chi connectivity index (χ1v) is 11.5. The number of carbonyl (C=O) groups excluding carboxylic acids is 1. The number of hydrogen-bond acceptors (Lipinski definition) is 4. The van der Waals surface area contributed by atoms with Crippen LogP contribution in [0.15, 0.2) is 71.6 Å². The van der Waals surface area contributed by atoms with E-state index < -0.39 is 16.6 Å². The van der Waals surface area contributed by atoms with E-state index >= 15 is 0 Å². The van der Waals surface area contributed by atoms with Crippen LogP contribution in [0.25, 0.3) is 22.4 Å². The van der Waals surface area contributed by atoms with Gasteiger partial charge >= 0.3 is 6.55 Å². The number of alkyl halides is 2. The number of anilines is 2. The molecule has 0 radical (unpaired) electrons. The first-order valence-electron chi connectivity index (χ1n) is 10.0. The fraction of sp³-hybridized carbons (Fsp3) is 0.130. The third kappa shape index (κ3) is 3.62. The Labute approximate surface area is 188 Å². The fourth-order valence-corrected chi connectivity index (χ4v) is 5.07. The highest BCUT2D eigenvalue weighted by Crippen LogP contribution is 2.32. The molecule has 0 saturated heterocycles. The van der Waals surface area contributed by atoms with E-state index in [0.717, 1.165) is 4.57 Å². The number of aromatic nitrogens is 2. The summed E-state index contributed by atoms with van der Waals surface area (Å²) in [5.41, 5.74) is 2.78. The number of nitrogens with one attached hydrogen (secondary N) is 1. The van der Waals surface area contributed by atoms with Crippen LogP contribution < -0.4 is 9.62 Å². The molecule has 33 heavy (non-hydrogen) atoms. The first-order chi connectivity index (χ1) is 15.7. The van der Waals surface area contributed by atoms with E-state index in [1.54, 1.807) is 37.4 Å². The molecule has 5 rings (SSSR count). The lowest BCUT2D eigenvalue weighted by Gasteiger charge is -2.12. The topological polar surface area (TPSA) is 84.3 Å². The maximum Gasteiger partial charge on any atom is 0.320 e. The molecule has 0 fully saturated rings. The van der Waals surface area contributed by atoms with Crippen molar-refractivity contribution in [2.75, 3.05) is 16.7 Å². The molecule has 0 saturated carbocycles. The number of likely N-dealkylation sites (N-methyl/N-ethyl adjacent to an activating group) is 1. The number of halogens is 2. The van der Waals surface area contributed by atoms with E-state index in [4.69, 9.17) is 0 Å². The van der Waals surface area contributed by atoms with E-state index in [-0.39, 0.29) is 28.7 Å². The number of imidazole rings is 1. The number of fused-ring (bicyclic) bond motifs is 2. The van der Waals surface area contributed by atoms with Crippen LogP contribution in [0.4, 0.5) is 20.2 Å². The summed E-state index contributed by atoms with van der Waals surface area (Å²) in [4.78, 5) is 17.7. The summed E-state index contributed by atoms with van der Waals surface area (Å²) in [6.07, 6.45) is 0.148. The Morgan fingerprint density at radius 2 is 1.76 bits per heavy atom. The van der Waals surface area contributed by atoms with Crippen molar-refractivity contribution in [1.29, 1.82) is 0 Å². The maximum absolute atomic E-state index is 13.7. The molecule has 0 aliphatic carbocycles. The Balaban J connectivity index is 1.43. The Hall–Kier alpha value is -3.79. The zero-order valence-electron chi connectivity index (χ0n) is 17.4. The molecule has 2 heterocycles. The van der Waals surface area contributed by atoms with Crippen molar-refractivity contribution in [3.8, 4) is 11.4 Å². The fourth-order valence-electron chi connectivity index (χ4n) is 3.96. The van der Waals surface area contributed by atoms with Crippen molar-refractivity contribution >= 4 is 38.3 Å². The molecule has 10 heteroatoms. The number of sulfonamides is 1. The smallest absolute Gasteiger partial charge is 0.315 e. The van der Waals surface area contributed by atoms with Gasteiger partial charge in [-0.1, -0.05) is 12.1 Å². The van der Waals surface area contributed by atoms with Gasteiger partial charge in [0.25, 0.3) is 10.0 Å². The molecule has 1 aliphatic heterocycles. The average molecular weight is 468 g/mol. The summed E-state index contributed by atoms with van der Waals surface area (Å²) in [7, 11) is -2.27. The van der Waals surface area contributed by atoms with Crippen molar-refractivity contribution in [2.24, 2.45) is 0 Å². The van der Waals surface area contributed by atoms with E-state index in [1.807, 2.05) is 0 Å². The van der Waals surface area contributed by atoms with Gasteiger partial charge in [-0.15, -0.1) is 0 Å². The van der Waals surface area contributed by atoms with Crippen LogP contribution in [-0.4, -0.2) is 30.9 Å². The summed E-state index contributed by atoms with van der Waals surface area (Å²) < 4.78 is 56.5. The Morgan fingerprint density at radius 1 is 1.03 bits per heavy atom. The number of rotatable bonds is 5. The largest absolute Gasteiger partial charge is 0.320 e. The Bertz CT molecular complexity index is 1500. The summed E-state index contributed by atoms with van der Waals surface area (Å²) in [6.45, 7) is -2.78. The molecule has 1 aromatic heterocycles. The van der Waals surface area contributed by atoms with E-state index in [2.05, 4.69) is 9.71 Å². The minimum absolute atomic E-state index is 0.0351. The van der Waals surface area contributed by atoms with Crippen molar-refractivity contribution in [2.45, 2.75) is 17.9 Å². The van der Waals surface area contributed by atoms with E-state index in [0.29, 0.717) is 27.8 Å². The zero-order chi connectivity index (χ0) is 23.3. The quantitative estimate of drug-likeness (QED) is 0.470. The molecule has 1 N–H and O–H groups in total. The van der Waals surface area contributed by atoms with Crippen LogP contribution in [-0.2, 0) is 21.2 Å². The van der Waals surface area contributed by atoms with Gasteiger partial charge < -0.3 is 4.90 Å². The second-order valence-electron chi connectivity index (χ2n) is 7.67. The lowest BCUT2D eigenvalue weighted by Crippen LogP contribution is -2.20. The predicted octanol–water partition coefficient (Wildman–Crippen LogP) is 4.42. The summed E-state index contributed by atoms with van der Waals surface area (Å²) in [5.74, 6) is -0.00840. The maximum atomic E-state index is 13.7. The SMILES string of the molecule is CN1C(=O)Cc2cc(S(=O)(=O)Nc3ccc(-c4nc5ccccc5n4C(F)F)cc3)ccc21. The van der Waals surface area contributed by atoms with Crippen molar-refractivity contribution in [1.82, 2.24) is 9.55 Å². The van der Waals surface area contributed by atoms with Gasteiger partial charge in [-0.2, -0.15) is 8.78 Å². The van der Waals surface area contributed by atoms with Crippen LogP contribution in [0.1, 0.15) is 12.1 Å². The Kier molecular flexibility index (Phi) is 4.89. The summed E-state index contributed by atoms with van der Waals surface area (Å²) >= 11 is 0. The number of nitrogens with zero attached hydrogens (tertiary/aromatic N) is 3. The van der Waals surface area contributed by atoms with Crippen LogP contribution in [0.2, 0.25) is 0 Å². The van der Waals surface area contributed by atoms with Gasteiger partial charge in [0.15, 0.2) is 0 Å². The van der Waals surface area contributed by atoms with Gasteiger partial charge in [-0.25, -0.2) is 13.4 Å². The molecular weight excluding hydrogens is 450 g/mol. The minimum Gasteiger partial charge on any atom is -0.315 e. The minimum atomic E-state index is -3.91. The molecule has 1 amide bonds. The van der Waals surface area contributed by atoms with Crippen LogP contribution in [0.5, 0.6) is 0 Å². The highest BCUT2D eigenvalue weighted by Gasteiger charge is 2.26. The summed E-state index contributed by atoms with van der Waals surface area (Å²) in [6, 6.07) is 17.2. The van der Waals surface area contributed by atoms with Gasteiger partial charge in [0.05, 0.1) is 22.3 Å². The third-order valence-electron chi connectivity index (χ3n) is 5.62. The monoisotopic (exact) mass is 468 g/mol. The van der Waals surface area contributed by atoms with Crippen LogP contribution >= 0.6 is 0 Å². The van der Waals surface area contributed by atoms with Crippen LogP contribution in [0.3, 0.4) is 0 Å². The van der Waals surface area contributed by atoms with Crippen molar-refractivity contribution in [3.63, 3.8) is 0 Å². The van der Waals surface area contributed by atoms with Gasteiger partial charge in [0.2, 0.25) is 5.91 Å². The second-order valence-corrected chi connectivity index (χ2v) is 9.36. The number of benzene rings is 3. The molecule has 3 aromatic carbocycles. The van der Waals surface area contributed by atoms with Crippen LogP contribution in [0, 0.1) is 0 Å². The van der Waals surface area contributed by atoms with E-state index in [1.165, 1.54) is 41.3 Å². The van der Waals surface area contributed by atoms with Gasteiger partial charge in [-0.3, -0.25) is 14.1 Å². The second kappa shape index (κ2) is 7.66. The zero-order valence-corrected chi connectivity index (χ0v) is 18.2. The average Bonchev–Trinajstić information content (AvgIpc) is 3.31. The molecule has 0 spiro atoms. The molecule has 1 aliphatic rings. The molecule has 0 bridgehead atoms. The number of amides is 1. The molecule has 168 valence electrons. The Morgan fingerprint density at radius 3 is 2.48 bits per heavy atom. The molecule has 4 aromatic rings. The molecule has 7 nitrogen and oxygen atoms in total.